The van der Waals surface area contributed by atoms with E-state index in [1.165, 1.54) is 0 Å². The van der Waals surface area contributed by atoms with Crippen molar-refractivity contribution in [1.29, 1.82) is 0 Å². The zero-order valence-corrected chi connectivity index (χ0v) is 11.4. The first-order valence-corrected chi connectivity index (χ1v) is 6.64. The van der Waals surface area contributed by atoms with Crippen LogP contribution in [-0.4, -0.2) is 25.0 Å². The van der Waals surface area contributed by atoms with Crippen LogP contribution >= 0.6 is 0 Å². The van der Waals surface area contributed by atoms with E-state index in [0.717, 1.165) is 10.8 Å². The van der Waals surface area contributed by atoms with Crippen molar-refractivity contribution >= 4 is 22.6 Å². The Labute approximate surface area is 117 Å². The average molecular weight is 271 g/mol. The first kappa shape index (κ1) is 14.1. The van der Waals surface area contributed by atoms with Gasteiger partial charge in [0.15, 0.2) is 0 Å². The van der Waals surface area contributed by atoms with Crippen LogP contribution < -0.4 is 5.32 Å². The van der Waals surface area contributed by atoms with E-state index in [1.807, 2.05) is 36.4 Å². The molecule has 4 heteroatoms. The standard InChI is InChI=1S/C16H17NO3/c1-2-20-15(18)10-11-17-16(19)14-9-5-7-12-6-3-4-8-13(12)14/h3-9H,2,10-11H2,1H3,(H,17,19). The van der Waals surface area contributed by atoms with Crippen LogP contribution in [0.1, 0.15) is 23.7 Å². The first-order chi connectivity index (χ1) is 9.72. The molecule has 0 radical (unpaired) electrons. The average Bonchev–Trinajstić information content (AvgIpc) is 2.47. The molecule has 0 fully saturated rings. The van der Waals surface area contributed by atoms with E-state index in [2.05, 4.69) is 5.32 Å². The second-order valence-electron chi connectivity index (χ2n) is 4.34. The first-order valence-electron chi connectivity index (χ1n) is 6.64. The Bertz CT molecular complexity index is 617. The number of ether oxygens (including phenoxy) is 1. The van der Waals surface area contributed by atoms with Crippen LogP contribution in [0, 0.1) is 0 Å². The van der Waals surface area contributed by atoms with Crippen LogP contribution in [0.3, 0.4) is 0 Å². The van der Waals surface area contributed by atoms with Crippen molar-refractivity contribution in [3.8, 4) is 0 Å². The van der Waals surface area contributed by atoms with Gasteiger partial charge in [0.1, 0.15) is 0 Å². The Morgan fingerprint density at radius 1 is 1.10 bits per heavy atom. The minimum atomic E-state index is -0.300. The summed E-state index contributed by atoms with van der Waals surface area (Å²) in [5.41, 5.74) is 0.618. The highest BCUT2D eigenvalue weighted by molar-refractivity contribution is 6.07. The summed E-state index contributed by atoms with van der Waals surface area (Å²) in [6, 6.07) is 13.3. The van der Waals surface area contributed by atoms with Crippen LogP contribution in [0.4, 0.5) is 0 Å². The molecule has 0 saturated carbocycles. The molecule has 0 saturated heterocycles. The third kappa shape index (κ3) is 3.35. The molecule has 2 aromatic rings. The molecule has 2 rings (SSSR count). The zero-order valence-electron chi connectivity index (χ0n) is 11.4. The third-order valence-corrected chi connectivity index (χ3v) is 2.95. The van der Waals surface area contributed by atoms with Gasteiger partial charge in [-0.05, 0) is 23.8 Å². The van der Waals surface area contributed by atoms with Gasteiger partial charge in [-0.1, -0.05) is 36.4 Å². The molecule has 1 amide bonds. The second kappa shape index (κ2) is 6.70. The summed E-state index contributed by atoms with van der Waals surface area (Å²) in [5, 5.41) is 4.67. The lowest BCUT2D eigenvalue weighted by Crippen LogP contribution is -2.26. The quantitative estimate of drug-likeness (QED) is 0.850. The zero-order chi connectivity index (χ0) is 14.4. The highest BCUT2D eigenvalue weighted by Crippen LogP contribution is 2.18. The van der Waals surface area contributed by atoms with Gasteiger partial charge in [-0.25, -0.2) is 0 Å². The monoisotopic (exact) mass is 271 g/mol. The summed E-state index contributed by atoms with van der Waals surface area (Å²) in [7, 11) is 0. The van der Waals surface area contributed by atoms with E-state index in [9.17, 15) is 9.59 Å². The third-order valence-electron chi connectivity index (χ3n) is 2.95. The lowest BCUT2D eigenvalue weighted by Gasteiger charge is -2.07. The number of hydrogen-bond donors (Lipinski definition) is 1. The van der Waals surface area contributed by atoms with Gasteiger partial charge >= 0.3 is 5.97 Å². The molecule has 0 aliphatic heterocycles. The van der Waals surface area contributed by atoms with Gasteiger partial charge in [-0.2, -0.15) is 0 Å². The molecule has 1 N–H and O–H groups in total. The van der Waals surface area contributed by atoms with Gasteiger partial charge in [0, 0.05) is 12.1 Å². The highest BCUT2D eigenvalue weighted by atomic mass is 16.5. The van der Waals surface area contributed by atoms with Crippen molar-refractivity contribution in [2.45, 2.75) is 13.3 Å². The molecular weight excluding hydrogens is 254 g/mol. The van der Waals surface area contributed by atoms with Crippen LogP contribution in [0.5, 0.6) is 0 Å². The maximum absolute atomic E-state index is 12.1. The predicted molar refractivity (Wildman–Crippen MR) is 77.5 cm³/mol. The smallest absolute Gasteiger partial charge is 0.307 e. The molecule has 0 aliphatic rings. The molecular formula is C16H17NO3. The summed E-state index contributed by atoms with van der Waals surface area (Å²) in [5.74, 6) is -0.475. The fraction of sp³-hybridized carbons (Fsp3) is 0.250. The van der Waals surface area contributed by atoms with Gasteiger partial charge in [-0.3, -0.25) is 9.59 Å². The lowest BCUT2D eigenvalue weighted by atomic mass is 10.0. The molecule has 0 aromatic heterocycles. The van der Waals surface area contributed by atoms with Crippen LogP contribution in [0.2, 0.25) is 0 Å². The Morgan fingerprint density at radius 2 is 1.85 bits per heavy atom. The van der Waals surface area contributed by atoms with Gasteiger partial charge in [0.25, 0.3) is 5.91 Å². The number of amides is 1. The minimum Gasteiger partial charge on any atom is -0.466 e. The molecule has 4 nitrogen and oxygen atoms in total. The van der Waals surface area contributed by atoms with Gasteiger partial charge < -0.3 is 10.1 Å². The molecule has 20 heavy (non-hydrogen) atoms. The number of fused-ring (bicyclic) bond motifs is 1. The second-order valence-corrected chi connectivity index (χ2v) is 4.34. The maximum atomic E-state index is 12.1. The van der Waals surface area contributed by atoms with Crippen LogP contribution in [0.25, 0.3) is 10.8 Å². The van der Waals surface area contributed by atoms with Crippen molar-refractivity contribution in [2.75, 3.05) is 13.2 Å². The number of carbonyl (C=O) groups excluding carboxylic acids is 2. The summed E-state index contributed by atoms with van der Waals surface area (Å²) < 4.78 is 4.81. The summed E-state index contributed by atoms with van der Waals surface area (Å²) in [4.78, 5) is 23.3. The van der Waals surface area contributed by atoms with E-state index < -0.39 is 0 Å². The number of carbonyl (C=O) groups is 2. The van der Waals surface area contributed by atoms with Crippen LogP contribution in [-0.2, 0) is 9.53 Å². The molecule has 0 heterocycles. The number of hydrogen-bond acceptors (Lipinski definition) is 3. The van der Waals surface area contributed by atoms with Gasteiger partial charge in [0.2, 0.25) is 0 Å². The maximum Gasteiger partial charge on any atom is 0.307 e. The van der Waals surface area contributed by atoms with E-state index in [1.54, 1.807) is 13.0 Å². The molecule has 0 aliphatic carbocycles. The number of nitrogens with one attached hydrogen (secondary N) is 1. The SMILES string of the molecule is CCOC(=O)CCNC(=O)c1cccc2ccccc12. The molecule has 0 bridgehead atoms. The van der Waals surface area contributed by atoms with Crippen molar-refractivity contribution in [3.63, 3.8) is 0 Å². The lowest BCUT2D eigenvalue weighted by molar-refractivity contribution is -0.142. The molecule has 104 valence electrons. The van der Waals surface area contributed by atoms with E-state index in [4.69, 9.17) is 4.74 Å². The van der Waals surface area contributed by atoms with E-state index >= 15 is 0 Å². The highest BCUT2D eigenvalue weighted by Gasteiger charge is 2.10. The fourth-order valence-corrected chi connectivity index (χ4v) is 2.03. The Kier molecular flexibility index (Phi) is 4.71. The fourth-order valence-electron chi connectivity index (χ4n) is 2.03. The molecule has 0 unspecified atom stereocenters. The molecule has 2 aromatic carbocycles. The normalized spacial score (nSPS) is 10.2. The number of rotatable bonds is 5. The summed E-state index contributed by atoms with van der Waals surface area (Å²) in [6.45, 7) is 2.39. The number of benzene rings is 2. The summed E-state index contributed by atoms with van der Waals surface area (Å²) >= 11 is 0. The van der Waals surface area contributed by atoms with E-state index in [-0.39, 0.29) is 24.8 Å². The van der Waals surface area contributed by atoms with Gasteiger partial charge in [-0.15, -0.1) is 0 Å². The Balaban J connectivity index is 2.03. The van der Waals surface area contributed by atoms with Crippen molar-refractivity contribution in [1.82, 2.24) is 5.32 Å². The Morgan fingerprint density at radius 3 is 2.65 bits per heavy atom. The van der Waals surface area contributed by atoms with Crippen molar-refractivity contribution in [3.05, 3.63) is 48.0 Å². The summed E-state index contributed by atoms with van der Waals surface area (Å²) in [6.07, 6.45) is 0.185. The number of esters is 1. The minimum absolute atomic E-state index is 0.175. The van der Waals surface area contributed by atoms with Crippen molar-refractivity contribution < 1.29 is 14.3 Å². The predicted octanol–water partition coefficient (Wildman–Crippen LogP) is 2.52. The Hall–Kier alpha value is -2.36. The molecule has 0 spiro atoms. The van der Waals surface area contributed by atoms with Crippen molar-refractivity contribution in [2.24, 2.45) is 0 Å². The van der Waals surface area contributed by atoms with E-state index in [0.29, 0.717) is 12.2 Å². The molecule has 0 atom stereocenters. The van der Waals surface area contributed by atoms with Crippen LogP contribution in [0.15, 0.2) is 42.5 Å². The van der Waals surface area contributed by atoms with Gasteiger partial charge in [0.05, 0.1) is 13.0 Å². The topological polar surface area (TPSA) is 55.4 Å². The largest absolute Gasteiger partial charge is 0.466 e.